The number of hydrogen-bond acceptors (Lipinski definition) is 5. The number of nitrogens with zero attached hydrogens (tertiary/aromatic N) is 1. The van der Waals surface area contributed by atoms with Crippen LogP contribution in [0.15, 0.2) is 134 Å². The lowest BCUT2D eigenvalue weighted by Gasteiger charge is -2.37. The van der Waals surface area contributed by atoms with Crippen LogP contribution < -0.4 is 10.6 Å². The third-order valence-electron chi connectivity index (χ3n) is 10.5. The van der Waals surface area contributed by atoms with Crippen LogP contribution in [0.1, 0.15) is 57.4 Å². The van der Waals surface area contributed by atoms with E-state index in [1.807, 2.05) is 85.1 Å². The first-order valence-corrected chi connectivity index (χ1v) is 18.5. The Morgan fingerprint density at radius 3 is 2.18 bits per heavy atom. The van der Waals surface area contributed by atoms with Crippen molar-refractivity contribution in [1.82, 2.24) is 15.2 Å². The molecule has 2 amide bonds. The average molecular weight is 759 g/mol. The van der Waals surface area contributed by atoms with Gasteiger partial charge < -0.3 is 20.4 Å². The largest absolute Gasteiger partial charge is 0.467 e. The minimum Gasteiger partial charge on any atom is -0.467 e. The summed E-state index contributed by atoms with van der Waals surface area (Å²) in [6.45, 7) is 1.28. The molecule has 2 atom stereocenters. The number of nitrogens with one attached hydrogen (secondary N) is 3. The molecule has 1 fully saturated rings. The lowest BCUT2D eigenvalue weighted by molar-refractivity contribution is -0.146. The molecule has 0 spiro atoms. The Morgan fingerprint density at radius 2 is 1.48 bits per heavy atom. The lowest BCUT2D eigenvalue weighted by Crippen LogP contribution is -2.49. The second-order valence-corrected chi connectivity index (χ2v) is 14.0. The van der Waals surface area contributed by atoms with E-state index < -0.39 is 29.8 Å². The van der Waals surface area contributed by atoms with Crippen molar-refractivity contribution >= 4 is 34.4 Å². The molecule has 3 N–H and O–H groups in total. The Morgan fingerprint density at radius 1 is 0.821 bits per heavy atom. The van der Waals surface area contributed by atoms with Crippen LogP contribution in [0.4, 0.5) is 18.9 Å². The molecule has 7 rings (SSSR count). The number of benzene rings is 5. The van der Waals surface area contributed by atoms with E-state index in [-0.39, 0.29) is 24.2 Å². The number of aromatic nitrogens is 1. The molecule has 8 nitrogen and oxygen atoms in total. The van der Waals surface area contributed by atoms with Gasteiger partial charge in [0.15, 0.2) is 0 Å². The maximum absolute atomic E-state index is 14.2. The molecule has 2 heterocycles. The molecule has 0 radical (unpaired) electrons. The van der Waals surface area contributed by atoms with Crippen molar-refractivity contribution < 1.29 is 32.3 Å². The van der Waals surface area contributed by atoms with E-state index in [0.717, 1.165) is 52.6 Å². The molecule has 1 aliphatic rings. The SMILES string of the molecule is COC(=O)C(Cc1c[nH]c2ccccc12)NC(=O)C(c1ccccc1)N1CCC(c2ccc(NC(=O)c3ccccc3-c3ccc(C(F)(F)F)cc3)cc2)CC1. The molecule has 2 unspecified atom stereocenters. The number of carbonyl (C=O) groups is 3. The summed E-state index contributed by atoms with van der Waals surface area (Å²) in [4.78, 5) is 45.9. The molecular formula is C45H41F3N4O4. The van der Waals surface area contributed by atoms with Crippen molar-refractivity contribution in [2.45, 2.75) is 43.4 Å². The summed E-state index contributed by atoms with van der Waals surface area (Å²) in [5.74, 6) is -0.940. The van der Waals surface area contributed by atoms with Crippen molar-refractivity contribution in [3.05, 3.63) is 161 Å². The summed E-state index contributed by atoms with van der Waals surface area (Å²) >= 11 is 0. The highest BCUT2D eigenvalue weighted by Crippen LogP contribution is 2.35. The maximum Gasteiger partial charge on any atom is 0.416 e. The van der Waals surface area contributed by atoms with Gasteiger partial charge in [-0.15, -0.1) is 0 Å². The molecule has 56 heavy (non-hydrogen) atoms. The van der Waals surface area contributed by atoms with Crippen LogP contribution in [-0.2, 0) is 26.9 Å². The zero-order valence-electron chi connectivity index (χ0n) is 30.7. The Kier molecular flexibility index (Phi) is 11.3. The number of halogens is 3. The molecule has 1 aromatic heterocycles. The second-order valence-electron chi connectivity index (χ2n) is 14.0. The van der Waals surface area contributed by atoms with E-state index >= 15 is 0 Å². The molecule has 0 bridgehead atoms. The number of piperidine rings is 1. The summed E-state index contributed by atoms with van der Waals surface area (Å²) < 4.78 is 44.5. The predicted octanol–water partition coefficient (Wildman–Crippen LogP) is 8.93. The number of alkyl halides is 3. The Labute approximate surface area is 322 Å². The summed E-state index contributed by atoms with van der Waals surface area (Å²) in [7, 11) is 1.32. The van der Waals surface area contributed by atoms with E-state index in [1.54, 1.807) is 24.3 Å². The number of hydrogen-bond donors (Lipinski definition) is 3. The lowest BCUT2D eigenvalue weighted by atomic mass is 9.88. The van der Waals surface area contributed by atoms with Crippen LogP contribution in [0.25, 0.3) is 22.0 Å². The standard InChI is InChI=1S/C45H41F3N4O4/c1-56-44(55)40(27-33-28-49-39-14-8-7-12-37(33)39)51-43(54)41(32-9-3-2-4-10-32)52-25-23-30(24-26-52)29-17-21-35(22-18-29)50-42(53)38-13-6-5-11-36(38)31-15-19-34(20-16-31)45(46,47)48/h2-22,28,30,40-41,49H,23-27H2,1H3,(H,50,53)(H,51,54). The Bertz CT molecular complexity index is 2300. The maximum atomic E-state index is 14.2. The molecule has 1 saturated heterocycles. The zero-order chi connectivity index (χ0) is 39.2. The van der Waals surface area contributed by atoms with Gasteiger partial charge in [-0.25, -0.2) is 4.79 Å². The van der Waals surface area contributed by atoms with Gasteiger partial charge in [0.2, 0.25) is 5.91 Å². The molecular weight excluding hydrogens is 718 g/mol. The van der Waals surface area contributed by atoms with Gasteiger partial charge in [-0.2, -0.15) is 13.2 Å². The van der Waals surface area contributed by atoms with Crippen LogP contribution in [-0.4, -0.2) is 53.9 Å². The molecule has 11 heteroatoms. The second kappa shape index (κ2) is 16.7. The number of methoxy groups -OCH3 is 1. The van der Waals surface area contributed by atoms with Crippen molar-refractivity contribution in [3.63, 3.8) is 0 Å². The number of aromatic amines is 1. The number of H-pyrrole nitrogens is 1. The quantitative estimate of drug-likeness (QED) is 0.115. The highest BCUT2D eigenvalue weighted by atomic mass is 19.4. The van der Waals surface area contributed by atoms with Gasteiger partial charge in [-0.3, -0.25) is 14.5 Å². The van der Waals surface area contributed by atoms with E-state index in [9.17, 15) is 27.6 Å². The van der Waals surface area contributed by atoms with Crippen LogP contribution in [0.5, 0.6) is 0 Å². The summed E-state index contributed by atoms with van der Waals surface area (Å²) in [6, 6.07) is 35.1. The van der Waals surface area contributed by atoms with Crippen molar-refractivity contribution in [3.8, 4) is 11.1 Å². The van der Waals surface area contributed by atoms with Gasteiger partial charge >= 0.3 is 12.1 Å². The van der Waals surface area contributed by atoms with Crippen molar-refractivity contribution in [1.29, 1.82) is 0 Å². The highest BCUT2D eigenvalue weighted by Gasteiger charge is 2.34. The van der Waals surface area contributed by atoms with Gasteiger partial charge in [-0.1, -0.05) is 91.0 Å². The minimum absolute atomic E-state index is 0.223. The molecule has 5 aromatic carbocycles. The van der Waals surface area contributed by atoms with E-state index in [1.165, 1.54) is 19.2 Å². The van der Waals surface area contributed by atoms with Gasteiger partial charge in [0, 0.05) is 34.8 Å². The first-order chi connectivity index (χ1) is 27.1. The Balaban J connectivity index is 1.01. The number of esters is 1. The number of amides is 2. The van der Waals surface area contributed by atoms with Crippen molar-refractivity contribution in [2.75, 3.05) is 25.5 Å². The topological polar surface area (TPSA) is 104 Å². The number of fused-ring (bicyclic) bond motifs is 1. The van der Waals surface area contributed by atoms with Gasteiger partial charge in [0.25, 0.3) is 5.91 Å². The predicted molar refractivity (Wildman–Crippen MR) is 210 cm³/mol. The van der Waals surface area contributed by atoms with Gasteiger partial charge in [0.1, 0.15) is 12.1 Å². The fourth-order valence-electron chi connectivity index (χ4n) is 7.57. The minimum atomic E-state index is -4.45. The van der Waals surface area contributed by atoms with Crippen molar-refractivity contribution in [2.24, 2.45) is 0 Å². The van der Waals surface area contributed by atoms with E-state index in [2.05, 4.69) is 20.5 Å². The van der Waals surface area contributed by atoms with Crippen LogP contribution in [0.3, 0.4) is 0 Å². The summed E-state index contributed by atoms with van der Waals surface area (Å²) in [5.41, 5.74) is 5.01. The fraction of sp³-hybridized carbons (Fsp3) is 0.222. The number of rotatable bonds is 11. The van der Waals surface area contributed by atoms with E-state index in [0.29, 0.717) is 35.5 Å². The normalized spacial score (nSPS) is 14.9. The smallest absolute Gasteiger partial charge is 0.416 e. The molecule has 0 saturated carbocycles. The summed E-state index contributed by atoms with van der Waals surface area (Å²) in [6.07, 6.45) is -0.736. The van der Waals surface area contributed by atoms with E-state index in [4.69, 9.17) is 4.74 Å². The number of anilines is 1. The first kappa shape index (κ1) is 38.1. The fourth-order valence-corrected chi connectivity index (χ4v) is 7.57. The summed E-state index contributed by atoms with van der Waals surface area (Å²) in [5, 5.41) is 6.93. The molecule has 286 valence electrons. The number of ether oxygens (including phenoxy) is 1. The highest BCUT2D eigenvalue weighted by molar-refractivity contribution is 6.08. The molecule has 1 aliphatic heterocycles. The van der Waals surface area contributed by atoms with Crippen LogP contribution >= 0.6 is 0 Å². The third-order valence-corrected chi connectivity index (χ3v) is 10.5. The zero-order valence-corrected chi connectivity index (χ0v) is 30.7. The van der Waals surface area contributed by atoms with Crippen LogP contribution in [0.2, 0.25) is 0 Å². The molecule has 6 aromatic rings. The van der Waals surface area contributed by atoms with Crippen LogP contribution in [0, 0.1) is 0 Å². The monoisotopic (exact) mass is 758 g/mol. The number of likely N-dealkylation sites (tertiary alicyclic amines) is 1. The average Bonchev–Trinajstić information content (AvgIpc) is 3.63. The Hall–Kier alpha value is -6.20. The van der Waals surface area contributed by atoms with Gasteiger partial charge in [0.05, 0.1) is 12.7 Å². The number of carbonyl (C=O) groups excluding carboxylic acids is 3. The molecule has 0 aliphatic carbocycles. The number of para-hydroxylation sites is 1. The first-order valence-electron chi connectivity index (χ1n) is 18.5. The third kappa shape index (κ3) is 8.53. The van der Waals surface area contributed by atoms with Gasteiger partial charge in [-0.05, 0) is 96.1 Å².